The van der Waals surface area contributed by atoms with E-state index in [9.17, 15) is 4.79 Å². The van der Waals surface area contributed by atoms with Crippen LogP contribution in [0.3, 0.4) is 0 Å². The van der Waals surface area contributed by atoms with Crippen molar-refractivity contribution in [2.75, 3.05) is 39.5 Å². The number of likely N-dealkylation sites (N-methyl/N-ethyl adjacent to an activating group) is 1. The van der Waals surface area contributed by atoms with Gasteiger partial charge in [0.25, 0.3) is 5.91 Å². The van der Waals surface area contributed by atoms with Crippen LogP contribution in [0.1, 0.15) is 17.3 Å². The van der Waals surface area contributed by atoms with Gasteiger partial charge in [-0.15, -0.1) is 0 Å². The van der Waals surface area contributed by atoms with E-state index in [1.165, 1.54) is 0 Å². The van der Waals surface area contributed by atoms with Gasteiger partial charge in [0, 0.05) is 18.7 Å². The largest absolute Gasteiger partial charge is 0.490 e. The van der Waals surface area contributed by atoms with Gasteiger partial charge in [-0.3, -0.25) is 4.79 Å². The molecule has 0 aliphatic rings. The van der Waals surface area contributed by atoms with E-state index in [0.717, 1.165) is 6.54 Å². The highest BCUT2D eigenvalue weighted by Gasteiger charge is 2.07. The van der Waals surface area contributed by atoms with Crippen LogP contribution >= 0.6 is 0 Å². The van der Waals surface area contributed by atoms with Crippen LogP contribution in [0.25, 0.3) is 0 Å². The number of hydrogen-bond acceptors (Lipinski definition) is 4. The van der Waals surface area contributed by atoms with Crippen molar-refractivity contribution in [3.8, 4) is 5.75 Å². The van der Waals surface area contributed by atoms with E-state index in [4.69, 9.17) is 10.5 Å². The molecule has 5 heteroatoms. The zero-order valence-electron chi connectivity index (χ0n) is 11.2. The van der Waals surface area contributed by atoms with Crippen LogP contribution in [-0.4, -0.2) is 44.6 Å². The van der Waals surface area contributed by atoms with Crippen molar-refractivity contribution in [1.82, 2.24) is 10.2 Å². The lowest BCUT2D eigenvalue weighted by atomic mass is 10.2. The molecular formula is C13H21N3O2. The number of amides is 1. The summed E-state index contributed by atoms with van der Waals surface area (Å²) in [5.74, 6) is 0.494. The van der Waals surface area contributed by atoms with Crippen LogP contribution in [0, 0.1) is 0 Å². The molecule has 1 rings (SSSR count). The molecule has 0 spiro atoms. The number of anilines is 1. The first-order chi connectivity index (χ1) is 8.54. The number of hydrogen-bond donors (Lipinski definition) is 2. The number of nitrogens with two attached hydrogens (primary N) is 1. The Kier molecular flexibility index (Phi) is 5.45. The van der Waals surface area contributed by atoms with Crippen LogP contribution in [0.15, 0.2) is 18.2 Å². The Morgan fingerprint density at radius 2 is 2.17 bits per heavy atom. The summed E-state index contributed by atoms with van der Waals surface area (Å²) in [6.45, 7) is 3.86. The topological polar surface area (TPSA) is 67.6 Å². The van der Waals surface area contributed by atoms with Gasteiger partial charge in [0.1, 0.15) is 12.4 Å². The minimum Gasteiger partial charge on any atom is -0.490 e. The van der Waals surface area contributed by atoms with Crippen LogP contribution in [0.2, 0.25) is 0 Å². The number of carbonyl (C=O) groups is 1. The number of nitrogens with zero attached hydrogens (tertiary/aromatic N) is 1. The molecule has 100 valence electrons. The third-order valence-electron chi connectivity index (χ3n) is 2.41. The van der Waals surface area contributed by atoms with E-state index in [1.54, 1.807) is 18.2 Å². The molecule has 0 atom stereocenters. The second-order valence-corrected chi connectivity index (χ2v) is 4.26. The molecule has 0 saturated heterocycles. The average molecular weight is 251 g/mol. The van der Waals surface area contributed by atoms with Crippen LogP contribution in [0.4, 0.5) is 5.69 Å². The quantitative estimate of drug-likeness (QED) is 0.739. The lowest BCUT2D eigenvalue weighted by Gasteiger charge is -2.13. The first kappa shape index (κ1) is 14.3. The monoisotopic (exact) mass is 251 g/mol. The van der Waals surface area contributed by atoms with Crippen molar-refractivity contribution in [3.63, 3.8) is 0 Å². The van der Waals surface area contributed by atoms with Crippen molar-refractivity contribution in [3.05, 3.63) is 23.8 Å². The molecule has 0 aliphatic carbocycles. The summed E-state index contributed by atoms with van der Waals surface area (Å²) in [6, 6.07) is 5.08. The predicted molar refractivity (Wildman–Crippen MR) is 72.9 cm³/mol. The first-order valence-electron chi connectivity index (χ1n) is 5.99. The van der Waals surface area contributed by atoms with Crippen molar-refractivity contribution < 1.29 is 9.53 Å². The Balaban J connectivity index is 2.65. The molecule has 3 N–H and O–H groups in total. The second-order valence-electron chi connectivity index (χ2n) is 4.26. The normalized spacial score (nSPS) is 10.4. The predicted octanol–water partition coefficient (Wildman–Crippen LogP) is 0.959. The third kappa shape index (κ3) is 4.25. The molecule has 0 saturated carbocycles. The molecule has 0 fully saturated rings. The Hall–Kier alpha value is -1.75. The third-order valence-corrected chi connectivity index (χ3v) is 2.41. The summed E-state index contributed by atoms with van der Waals surface area (Å²) >= 11 is 0. The first-order valence-corrected chi connectivity index (χ1v) is 5.99. The zero-order chi connectivity index (χ0) is 13.5. The maximum absolute atomic E-state index is 11.6. The molecule has 0 unspecified atom stereocenters. The number of rotatable bonds is 6. The van der Waals surface area contributed by atoms with Gasteiger partial charge in [0.2, 0.25) is 0 Å². The smallest absolute Gasteiger partial charge is 0.251 e. The number of carbonyl (C=O) groups excluding carboxylic acids is 1. The van der Waals surface area contributed by atoms with Gasteiger partial charge in [-0.2, -0.15) is 0 Å². The number of nitrogens with one attached hydrogen (secondary N) is 1. The average Bonchev–Trinajstić information content (AvgIpc) is 2.31. The van der Waals surface area contributed by atoms with Crippen molar-refractivity contribution in [2.24, 2.45) is 0 Å². The van der Waals surface area contributed by atoms with Crippen LogP contribution in [-0.2, 0) is 0 Å². The van der Waals surface area contributed by atoms with E-state index in [-0.39, 0.29) is 5.91 Å². The number of benzene rings is 1. The summed E-state index contributed by atoms with van der Waals surface area (Å²) in [5, 5.41) is 2.72. The summed E-state index contributed by atoms with van der Waals surface area (Å²) in [7, 11) is 3.95. The Bertz CT molecular complexity index is 405. The highest BCUT2D eigenvalue weighted by atomic mass is 16.5. The highest BCUT2D eigenvalue weighted by molar-refractivity contribution is 5.95. The van der Waals surface area contributed by atoms with Crippen molar-refractivity contribution in [1.29, 1.82) is 0 Å². The van der Waals surface area contributed by atoms with Gasteiger partial charge in [0.15, 0.2) is 0 Å². The Morgan fingerprint density at radius 1 is 1.44 bits per heavy atom. The van der Waals surface area contributed by atoms with E-state index in [2.05, 4.69) is 5.32 Å². The zero-order valence-corrected chi connectivity index (χ0v) is 11.2. The van der Waals surface area contributed by atoms with Gasteiger partial charge < -0.3 is 20.7 Å². The fraction of sp³-hybridized carbons (Fsp3) is 0.462. The van der Waals surface area contributed by atoms with Gasteiger partial charge >= 0.3 is 0 Å². The van der Waals surface area contributed by atoms with Crippen molar-refractivity contribution >= 4 is 11.6 Å². The van der Waals surface area contributed by atoms with Gasteiger partial charge in [-0.05, 0) is 39.2 Å². The van der Waals surface area contributed by atoms with Crippen LogP contribution in [0.5, 0.6) is 5.75 Å². The minimum atomic E-state index is -0.121. The molecule has 1 amide bonds. The fourth-order valence-electron chi connectivity index (χ4n) is 1.42. The minimum absolute atomic E-state index is 0.121. The summed E-state index contributed by atoms with van der Waals surface area (Å²) in [6.07, 6.45) is 0. The van der Waals surface area contributed by atoms with Crippen molar-refractivity contribution in [2.45, 2.75) is 6.92 Å². The molecule has 1 aromatic carbocycles. The Morgan fingerprint density at radius 3 is 2.72 bits per heavy atom. The molecule has 18 heavy (non-hydrogen) atoms. The molecule has 0 aliphatic heterocycles. The van der Waals surface area contributed by atoms with E-state index >= 15 is 0 Å². The molecule has 0 aromatic heterocycles. The Labute approximate surface area is 108 Å². The molecule has 5 nitrogen and oxygen atoms in total. The van der Waals surface area contributed by atoms with E-state index in [0.29, 0.717) is 30.2 Å². The molecule has 0 radical (unpaired) electrons. The lowest BCUT2D eigenvalue weighted by molar-refractivity contribution is 0.0956. The van der Waals surface area contributed by atoms with Gasteiger partial charge in [-0.1, -0.05) is 0 Å². The number of ether oxygens (including phenoxy) is 1. The molecule has 0 heterocycles. The summed E-state index contributed by atoms with van der Waals surface area (Å²) in [5.41, 5.74) is 6.89. The molecule has 1 aromatic rings. The second kappa shape index (κ2) is 6.86. The maximum Gasteiger partial charge on any atom is 0.251 e. The standard InChI is InChI=1S/C13H21N3O2/c1-4-15-13(17)10-5-6-12(11(14)9-10)18-8-7-16(2)3/h5-6,9H,4,7-8,14H2,1-3H3,(H,15,17). The molecule has 0 bridgehead atoms. The SMILES string of the molecule is CCNC(=O)c1ccc(OCCN(C)C)c(N)c1. The van der Waals surface area contributed by atoms with Gasteiger partial charge in [-0.25, -0.2) is 0 Å². The van der Waals surface area contributed by atoms with Gasteiger partial charge in [0.05, 0.1) is 5.69 Å². The lowest BCUT2D eigenvalue weighted by Crippen LogP contribution is -2.23. The summed E-state index contributed by atoms with van der Waals surface area (Å²) in [4.78, 5) is 13.6. The fourth-order valence-corrected chi connectivity index (χ4v) is 1.42. The van der Waals surface area contributed by atoms with Crippen LogP contribution < -0.4 is 15.8 Å². The summed E-state index contributed by atoms with van der Waals surface area (Å²) < 4.78 is 5.54. The highest BCUT2D eigenvalue weighted by Crippen LogP contribution is 2.22. The molecular weight excluding hydrogens is 230 g/mol. The maximum atomic E-state index is 11.6. The van der Waals surface area contributed by atoms with E-state index in [1.807, 2.05) is 25.9 Å². The van der Waals surface area contributed by atoms with E-state index < -0.39 is 0 Å². The number of nitrogen functional groups attached to an aromatic ring is 1.